The second-order valence-corrected chi connectivity index (χ2v) is 6.11. The van der Waals surface area contributed by atoms with Gasteiger partial charge in [0, 0.05) is 12.5 Å². The van der Waals surface area contributed by atoms with E-state index in [1.165, 1.54) is 0 Å². The van der Waals surface area contributed by atoms with E-state index in [-0.39, 0.29) is 23.3 Å². The highest BCUT2D eigenvalue weighted by molar-refractivity contribution is 6.51. The molecule has 2 saturated heterocycles. The Bertz CT molecular complexity index is 307. The molecule has 2 aliphatic heterocycles. The van der Waals surface area contributed by atoms with E-state index in [1.54, 1.807) is 6.82 Å². The minimum absolute atomic E-state index is 0.0145. The Morgan fingerprint density at radius 3 is 2.76 bits per heavy atom. The van der Waals surface area contributed by atoms with Crippen molar-refractivity contribution in [2.45, 2.75) is 51.9 Å². The molecule has 2 heterocycles. The number of likely N-dealkylation sites (tertiary alicyclic amines) is 1. The molecule has 0 bridgehead atoms. The van der Waals surface area contributed by atoms with Crippen molar-refractivity contribution in [3.63, 3.8) is 0 Å². The van der Waals surface area contributed by atoms with Crippen LogP contribution in [0.3, 0.4) is 0 Å². The molecule has 0 aromatic heterocycles. The minimum atomic E-state index is -0.425. The first kappa shape index (κ1) is 12.9. The van der Waals surface area contributed by atoms with Crippen LogP contribution in [-0.2, 0) is 4.79 Å². The second kappa shape index (κ2) is 4.61. The van der Waals surface area contributed by atoms with Crippen LogP contribution < -0.4 is 5.32 Å². The van der Waals surface area contributed by atoms with E-state index >= 15 is 0 Å². The molecule has 0 aromatic rings. The van der Waals surface area contributed by atoms with Gasteiger partial charge in [0.15, 0.2) is 0 Å². The van der Waals surface area contributed by atoms with Gasteiger partial charge >= 0.3 is 6.92 Å². The summed E-state index contributed by atoms with van der Waals surface area (Å²) in [5.41, 5.74) is 0.0307. The number of carbonyl (C=O) groups is 1. The van der Waals surface area contributed by atoms with Crippen LogP contribution in [-0.4, -0.2) is 47.8 Å². The predicted octanol–water partition coefficient (Wildman–Crippen LogP) is 0.518. The Morgan fingerprint density at radius 1 is 1.53 bits per heavy atom. The molecule has 2 rings (SSSR count). The monoisotopic (exact) mass is 238 g/mol. The Kier molecular flexibility index (Phi) is 3.50. The quantitative estimate of drug-likeness (QED) is 0.689. The van der Waals surface area contributed by atoms with E-state index in [4.69, 9.17) is 0 Å². The van der Waals surface area contributed by atoms with Gasteiger partial charge in [-0.15, -0.1) is 0 Å². The summed E-state index contributed by atoms with van der Waals surface area (Å²) in [6.07, 6.45) is 2.97. The van der Waals surface area contributed by atoms with E-state index in [0.29, 0.717) is 0 Å². The van der Waals surface area contributed by atoms with Gasteiger partial charge in [0.1, 0.15) is 0 Å². The first-order valence-corrected chi connectivity index (χ1v) is 6.65. The lowest BCUT2D eigenvalue weighted by atomic mass is 9.62. The van der Waals surface area contributed by atoms with Crippen LogP contribution in [0.25, 0.3) is 0 Å². The SMILES string of the molecule is CB(O)C1CCCN1C(=O)C1NCCC1(C)C. The van der Waals surface area contributed by atoms with Crippen LogP contribution in [0.5, 0.6) is 0 Å². The number of nitrogens with one attached hydrogen (secondary N) is 1. The topological polar surface area (TPSA) is 52.6 Å². The molecular weight excluding hydrogens is 215 g/mol. The van der Waals surface area contributed by atoms with Gasteiger partial charge in [-0.2, -0.15) is 0 Å². The summed E-state index contributed by atoms with van der Waals surface area (Å²) >= 11 is 0. The van der Waals surface area contributed by atoms with Gasteiger partial charge in [0.2, 0.25) is 5.91 Å². The highest BCUT2D eigenvalue weighted by Crippen LogP contribution is 2.32. The van der Waals surface area contributed by atoms with Gasteiger partial charge in [-0.05, 0) is 31.2 Å². The molecule has 2 N–H and O–H groups in total. The van der Waals surface area contributed by atoms with Crippen molar-refractivity contribution in [3.8, 4) is 0 Å². The number of rotatable bonds is 2. The molecule has 0 aromatic carbocycles. The van der Waals surface area contributed by atoms with Crippen molar-refractivity contribution < 1.29 is 9.82 Å². The first-order valence-electron chi connectivity index (χ1n) is 6.65. The maximum Gasteiger partial charge on any atom is 0.309 e. The van der Waals surface area contributed by atoms with Gasteiger partial charge in [-0.25, -0.2) is 0 Å². The van der Waals surface area contributed by atoms with Crippen molar-refractivity contribution in [1.29, 1.82) is 0 Å². The molecule has 0 aliphatic carbocycles. The van der Waals surface area contributed by atoms with E-state index in [0.717, 1.165) is 32.4 Å². The van der Waals surface area contributed by atoms with Crippen molar-refractivity contribution in [1.82, 2.24) is 10.2 Å². The molecular formula is C12H23BN2O2. The predicted molar refractivity (Wildman–Crippen MR) is 68.8 cm³/mol. The van der Waals surface area contributed by atoms with E-state index in [2.05, 4.69) is 19.2 Å². The zero-order valence-electron chi connectivity index (χ0n) is 11.1. The Morgan fingerprint density at radius 2 is 2.24 bits per heavy atom. The van der Waals surface area contributed by atoms with Crippen LogP contribution >= 0.6 is 0 Å². The standard InChI is InChI=1S/C12H23BN2O2/c1-12(2)6-7-14-10(12)11(16)15-8-4-5-9(15)13(3)17/h9-10,14,17H,4-8H2,1-3H3. The summed E-state index contributed by atoms with van der Waals surface area (Å²) in [5.74, 6) is 0.191. The van der Waals surface area contributed by atoms with Crippen LogP contribution in [0.4, 0.5) is 0 Å². The molecule has 0 spiro atoms. The summed E-state index contributed by atoms with van der Waals surface area (Å²) < 4.78 is 0. The maximum atomic E-state index is 12.5. The molecule has 17 heavy (non-hydrogen) atoms. The van der Waals surface area contributed by atoms with Crippen LogP contribution in [0.15, 0.2) is 0 Å². The van der Waals surface area contributed by atoms with E-state index < -0.39 is 6.92 Å². The van der Waals surface area contributed by atoms with Crippen molar-refractivity contribution >= 4 is 12.8 Å². The van der Waals surface area contributed by atoms with Gasteiger partial charge in [0.25, 0.3) is 0 Å². The minimum Gasteiger partial charge on any atom is -0.449 e. The van der Waals surface area contributed by atoms with E-state index in [9.17, 15) is 9.82 Å². The summed E-state index contributed by atoms with van der Waals surface area (Å²) in [5, 5.41) is 13.0. The number of nitrogens with zero attached hydrogens (tertiary/aromatic N) is 1. The Balaban J connectivity index is 2.09. The number of hydrogen-bond donors (Lipinski definition) is 2. The molecule has 96 valence electrons. The van der Waals surface area contributed by atoms with Gasteiger partial charge in [-0.3, -0.25) is 4.79 Å². The molecule has 2 fully saturated rings. The fourth-order valence-corrected chi connectivity index (χ4v) is 3.11. The van der Waals surface area contributed by atoms with Crippen molar-refractivity contribution in [2.75, 3.05) is 13.1 Å². The summed E-state index contributed by atoms with van der Waals surface area (Å²) in [4.78, 5) is 14.4. The Hall–Kier alpha value is -0.545. The first-order chi connectivity index (χ1) is 7.93. The third-order valence-electron chi connectivity index (χ3n) is 4.29. The molecule has 5 heteroatoms. The lowest BCUT2D eigenvalue weighted by molar-refractivity contribution is -0.135. The van der Waals surface area contributed by atoms with Crippen LogP contribution in [0, 0.1) is 5.41 Å². The maximum absolute atomic E-state index is 12.5. The van der Waals surface area contributed by atoms with Crippen LogP contribution in [0.2, 0.25) is 6.82 Å². The number of hydrogen-bond acceptors (Lipinski definition) is 3. The molecule has 0 saturated carbocycles. The van der Waals surface area contributed by atoms with Crippen molar-refractivity contribution in [3.05, 3.63) is 0 Å². The van der Waals surface area contributed by atoms with Crippen LogP contribution in [0.1, 0.15) is 33.1 Å². The molecule has 2 unspecified atom stereocenters. The fourth-order valence-electron chi connectivity index (χ4n) is 3.11. The Labute approximate surface area is 104 Å². The average molecular weight is 238 g/mol. The second-order valence-electron chi connectivity index (χ2n) is 6.11. The van der Waals surface area contributed by atoms with Gasteiger partial charge in [-0.1, -0.05) is 20.7 Å². The lowest BCUT2D eigenvalue weighted by Gasteiger charge is -2.33. The number of amides is 1. The van der Waals surface area contributed by atoms with Gasteiger partial charge < -0.3 is 15.2 Å². The summed E-state index contributed by atoms with van der Waals surface area (Å²) in [7, 11) is 0. The average Bonchev–Trinajstić information content (AvgIpc) is 2.82. The highest BCUT2D eigenvalue weighted by atomic mass is 16.2. The molecule has 1 amide bonds. The largest absolute Gasteiger partial charge is 0.449 e. The van der Waals surface area contributed by atoms with Gasteiger partial charge in [0.05, 0.1) is 6.04 Å². The lowest BCUT2D eigenvalue weighted by Crippen LogP contribution is -2.53. The van der Waals surface area contributed by atoms with Crippen molar-refractivity contribution in [2.24, 2.45) is 5.41 Å². The molecule has 0 radical (unpaired) electrons. The molecule has 2 aliphatic rings. The zero-order chi connectivity index (χ0) is 12.6. The summed E-state index contributed by atoms with van der Waals surface area (Å²) in [6.45, 7) is 7.35. The third kappa shape index (κ3) is 2.36. The summed E-state index contributed by atoms with van der Waals surface area (Å²) in [6, 6.07) is -0.0816. The third-order valence-corrected chi connectivity index (χ3v) is 4.29. The smallest absolute Gasteiger partial charge is 0.309 e. The molecule has 2 atom stereocenters. The number of carbonyl (C=O) groups excluding carboxylic acids is 1. The highest BCUT2D eigenvalue weighted by Gasteiger charge is 2.44. The van der Waals surface area contributed by atoms with E-state index in [1.807, 2.05) is 4.90 Å². The normalized spacial score (nSPS) is 31.9. The molecule has 4 nitrogen and oxygen atoms in total. The fraction of sp³-hybridized carbons (Fsp3) is 0.917. The zero-order valence-corrected chi connectivity index (χ0v) is 11.1.